The second-order valence-electron chi connectivity index (χ2n) is 5.26. The Morgan fingerprint density at radius 1 is 1.15 bits per heavy atom. The van der Waals surface area contributed by atoms with E-state index in [0.717, 1.165) is 12.0 Å². The minimum absolute atomic E-state index is 0.127. The number of methoxy groups -OCH3 is 1. The third-order valence-electron chi connectivity index (χ3n) is 3.55. The molecule has 3 rings (SSSR count). The zero-order chi connectivity index (χ0) is 18.7. The molecule has 0 fully saturated rings. The Morgan fingerprint density at radius 3 is 2.54 bits per heavy atom. The van der Waals surface area contributed by atoms with E-state index in [-0.39, 0.29) is 5.82 Å². The van der Waals surface area contributed by atoms with Gasteiger partial charge in [-0.05, 0) is 24.3 Å². The number of carbonyl (C=O) groups excluding carboxylic acids is 1. The van der Waals surface area contributed by atoms with Crippen molar-refractivity contribution < 1.29 is 23.6 Å². The first-order chi connectivity index (χ1) is 12.5. The molecule has 1 aromatic carbocycles. The number of carboxylic acids is 1. The second-order valence-corrected chi connectivity index (χ2v) is 6.74. The number of carbonyl (C=O) groups is 2. The van der Waals surface area contributed by atoms with Crippen LogP contribution in [-0.4, -0.2) is 44.4 Å². The number of hydrogen-bond acceptors (Lipinski definition) is 5. The van der Waals surface area contributed by atoms with E-state index in [9.17, 15) is 13.8 Å². The number of anilines is 1. The highest BCUT2D eigenvalue weighted by atomic mass is 32.2. The molecule has 3 aromatic rings. The van der Waals surface area contributed by atoms with Crippen molar-refractivity contribution >= 4 is 34.3 Å². The number of benzene rings is 1. The first-order valence-electron chi connectivity index (χ1n) is 7.52. The second kappa shape index (κ2) is 7.36. The fraction of sp³-hybridized carbons (Fsp3) is 0.118. The Labute approximate surface area is 151 Å². The smallest absolute Gasteiger partial charge is 0.415 e. The predicted molar refractivity (Wildman–Crippen MR) is 93.7 cm³/mol. The third kappa shape index (κ3) is 3.57. The number of aliphatic carboxylic acids is 1. The fourth-order valence-electron chi connectivity index (χ4n) is 2.36. The molecule has 2 aromatic heterocycles. The average molecular weight is 373 g/mol. The number of ether oxygens (including phenoxy) is 1. The molecule has 0 aliphatic rings. The minimum atomic E-state index is -1.37. The maximum Gasteiger partial charge on any atom is 0.415 e. The summed E-state index contributed by atoms with van der Waals surface area (Å²) in [6, 6.07) is 12.3. The van der Waals surface area contributed by atoms with Crippen LogP contribution in [-0.2, 0) is 20.3 Å². The lowest BCUT2D eigenvalue weighted by atomic mass is 10.4. The number of imidazole rings is 1. The van der Waals surface area contributed by atoms with Crippen molar-refractivity contribution in [1.29, 1.82) is 0 Å². The molecule has 1 unspecified atom stereocenters. The van der Waals surface area contributed by atoms with Gasteiger partial charge >= 0.3 is 12.1 Å². The molecular weight excluding hydrogens is 358 g/mol. The number of rotatable bonds is 5. The van der Waals surface area contributed by atoms with Crippen molar-refractivity contribution in [2.45, 2.75) is 9.79 Å². The Bertz CT molecular complexity index is 986. The van der Waals surface area contributed by atoms with Crippen molar-refractivity contribution in [3.05, 3.63) is 54.9 Å². The van der Waals surface area contributed by atoms with Crippen LogP contribution < -0.4 is 4.90 Å². The maximum absolute atomic E-state index is 12.6. The molecule has 0 spiro atoms. The van der Waals surface area contributed by atoms with Gasteiger partial charge < -0.3 is 14.2 Å². The highest BCUT2D eigenvalue weighted by Gasteiger charge is 2.22. The van der Waals surface area contributed by atoms with E-state index >= 15 is 0 Å². The Hall–Kier alpha value is -3.20. The number of nitrogens with zero attached hydrogens (tertiary/aromatic N) is 3. The lowest BCUT2D eigenvalue weighted by Crippen LogP contribution is -2.35. The summed E-state index contributed by atoms with van der Waals surface area (Å²) in [5.41, 5.74) is 0.480. The predicted octanol–water partition coefficient (Wildman–Crippen LogP) is 2.16. The fourth-order valence-corrected chi connectivity index (χ4v) is 3.44. The van der Waals surface area contributed by atoms with Crippen LogP contribution in [0, 0.1) is 0 Å². The van der Waals surface area contributed by atoms with Gasteiger partial charge in [0.25, 0.3) is 0 Å². The molecule has 134 valence electrons. The highest BCUT2D eigenvalue weighted by molar-refractivity contribution is 7.85. The van der Waals surface area contributed by atoms with Crippen LogP contribution in [0.4, 0.5) is 10.6 Å². The van der Waals surface area contributed by atoms with Crippen LogP contribution in [0.2, 0.25) is 0 Å². The average Bonchev–Trinajstić information content (AvgIpc) is 3.08. The molecule has 26 heavy (non-hydrogen) atoms. The highest BCUT2D eigenvalue weighted by Crippen LogP contribution is 2.20. The normalized spacial score (nSPS) is 11.9. The molecule has 1 amide bonds. The Kier molecular flexibility index (Phi) is 4.99. The zero-order valence-corrected chi connectivity index (χ0v) is 14.5. The minimum Gasteiger partial charge on any atom is -0.480 e. The first-order valence-corrected chi connectivity index (χ1v) is 8.67. The van der Waals surface area contributed by atoms with Gasteiger partial charge in [-0.1, -0.05) is 18.2 Å². The lowest BCUT2D eigenvalue weighted by molar-refractivity contribution is -0.135. The van der Waals surface area contributed by atoms with E-state index in [4.69, 9.17) is 5.11 Å². The van der Waals surface area contributed by atoms with Crippen LogP contribution in [0.3, 0.4) is 0 Å². The summed E-state index contributed by atoms with van der Waals surface area (Å²) in [4.78, 5) is 29.2. The number of fused-ring (bicyclic) bond motifs is 1. The van der Waals surface area contributed by atoms with Gasteiger partial charge in [0.2, 0.25) is 0 Å². The zero-order valence-electron chi connectivity index (χ0n) is 13.7. The molecule has 8 nitrogen and oxygen atoms in total. The maximum atomic E-state index is 12.6. The molecule has 9 heteroatoms. The summed E-state index contributed by atoms with van der Waals surface area (Å²) < 4.78 is 18.8. The van der Waals surface area contributed by atoms with Crippen molar-refractivity contribution in [2.75, 3.05) is 18.6 Å². The molecule has 0 radical (unpaired) electrons. The summed E-state index contributed by atoms with van der Waals surface area (Å²) in [5, 5.41) is 8.98. The molecule has 0 aliphatic heterocycles. The molecule has 0 aliphatic carbocycles. The van der Waals surface area contributed by atoms with Crippen molar-refractivity contribution in [2.24, 2.45) is 0 Å². The molecule has 2 heterocycles. The van der Waals surface area contributed by atoms with Gasteiger partial charge in [0.1, 0.15) is 12.2 Å². The van der Waals surface area contributed by atoms with Gasteiger partial charge in [-0.25, -0.2) is 18.9 Å². The summed E-state index contributed by atoms with van der Waals surface area (Å²) in [7, 11) is -0.211. The molecule has 0 saturated heterocycles. The van der Waals surface area contributed by atoms with Gasteiger partial charge in [0.05, 0.1) is 29.0 Å². The van der Waals surface area contributed by atoms with E-state index in [1.807, 2.05) is 6.07 Å². The van der Waals surface area contributed by atoms with E-state index in [2.05, 4.69) is 9.72 Å². The van der Waals surface area contributed by atoms with Gasteiger partial charge in [0, 0.05) is 11.1 Å². The van der Waals surface area contributed by atoms with Gasteiger partial charge in [0.15, 0.2) is 5.82 Å². The topological polar surface area (TPSA) is 101 Å². The number of carboxylic acid groups (broad SMARTS) is 1. The largest absolute Gasteiger partial charge is 0.480 e. The number of amides is 1. The van der Waals surface area contributed by atoms with Crippen LogP contribution in [0.25, 0.3) is 5.65 Å². The first kappa shape index (κ1) is 17.6. The summed E-state index contributed by atoms with van der Waals surface area (Å²) in [6.07, 6.45) is 2.29. The quantitative estimate of drug-likeness (QED) is 0.735. The SMILES string of the molecule is COC(=O)N(CC(=O)O)c1cn2cc(S(=O)c3ccccc3)ccc2n1. The molecule has 1 atom stereocenters. The lowest BCUT2D eigenvalue weighted by Gasteiger charge is -2.15. The van der Waals surface area contributed by atoms with Crippen LogP contribution in [0.5, 0.6) is 0 Å². The molecule has 1 N–H and O–H groups in total. The number of pyridine rings is 1. The van der Waals surface area contributed by atoms with Crippen LogP contribution in [0.15, 0.2) is 64.6 Å². The van der Waals surface area contributed by atoms with Gasteiger partial charge in [-0.2, -0.15) is 0 Å². The third-order valence-corrected chi connectivity index (χ3v) is 4.92. The van der Waals surface area contributed by atoms with E-state index in [0.29, 0.717) is 15.4 Å². The monoisotopic (exact) mass is 373 g/mol. The summed E-state index contributed by atoms with van der Waals surface area (Å²) >= 11 is 0. The number of aromatic nitrogens is 2. The number of hydrogen-bond donors (Lipinski definition) is 1. The van der Waals surface area contributed by atoms with Crippen LogP contribution >= 0.6 is 0 Å². The van der Waals surface area contributed by atoms with Gasteiger partial charge in [-0.15, -0.1) is 0 Å². The van der Waals surface area contributed by atoms with E-state index in [1.54, 1.807) is 47.0 Å². The van der Waals surface area contributed by atoms with E-state index in [1.165, 1.54) is 6.20 Å². The summed E-state index contributed by atoms with van der Waals surface area (Å²) in [6.45, 7) is -0.584. The van der Waals surface area contributed by atoms with Crippen LogP contribution in [0.1, 0.15) is 0 Å². The van der Waals surface area contributed by atoms with Crippen molar-refractivity contribution in [3.8, 4) is 0 Å². The van der Waals surface area contributed by atoms with E-state index < -0.39 is 29.4 Å². The molecule has 0 saturated carbocycles. The Morgan fingerprint density at radius 2 is 1.88 bits per heavy atom. The van der Waals surface area contributed by atoms with Gasteiger partial charge in [-0.3, -0.25) is 4.79 Å². The van der Waals surface area contributed by atoms with Crippen molar-refractivity contribution in [1.82, 2.24) is 9.38 Å². The standard InChI is InChI=1S/C17H15N3O5S/c1-25-17(23)20(11-16(21)22)15-10-19-9-13(7-8-14(19)18-15)26(24)12-5-3-2-4-6-12/h2-10H,11H2,1H3,(H,21,22). The van der Waals surface area contributed by atoms with Crippen molar-refractivity contribution in [3.63, 3.8) is 0 Å². The molecule has 0 bridgehead atoms. The molecular formula is C17H15N3O5S. The summed E-state index contributed by atoms with van der Waals surface area (Å²) in [5.74, 6) is -1.07. The Balaban J connectivity index is 1.97.